The van der Waals surface area contributed by atoms with Crippen molar-refractivity contribution in [3.8, 4) is 0 Å². The van der Waals surface area contributed by atoms with Crippen LogP contribution in [0.5, 0.6) is 0 Å². The normalized spacial score (nSPS) is 24.3. The topological polar surface area (TPSA) is 73.8 Å². The van der Waals surface area contributed by atoms with Crippen LogP contribution >= 0.6 is 0 Å². The van der Waals surface area contributed by atoms with E-state index in [2.05, 4.69) is 68.6 Å². The second-order valence-electron chi connectivity index (χ2n) is 21.6. The number of rotatable bonds is 24. The summed E-state index contributed by atoms with van der Waals surface area (Å²) < 4.78 is 60.8. The Hall–Kier alpha value is -0.448. The maximum atomic E-state index is 9.30. The minimum Gasteiger partial charge on any atom is -0.449 e. The molecule has 8 aliphatic rings. The lowest BCUT2D eigenvalue weighted by atomic mass is 10.1. The Morgan fingerprint density at radius 1 is 0.449 bits per heavy atom. The van der Waals surface area contributed by atoms with Crippen molar-refractivity contribution in [1.29, 1.82) is 0 Å². The molecule has 2 atom stereocenters. The maximum Gasteiger partial charge on any atom is 0.455 e. The zero-order valence-corrected chi connectivity index (χ0v) is 54.9. The van der Waals surface area contributed by atoms with Crippen molar-refractivity contribution >= 4 is 83.1 Å². The predicted octanol–water partition coefficient (Wildman–Crippen LogP) is 11.7. The SMILES string of the molecule is CC[Si](O[SiH](O[SiH2]O[SiH2]O[SiH3])O[SiH](C)C)(O[Si](O[Si](O[Si](C1=CCCCC1)(C1=CCCCC1)C1=CCCCC1)(C1=CCCCC1)C1=CCCCC1)(C1=CCCCC1)C1=CCCCC1)C1=CCCCC1. The molecule has 0 bridgehead atoms. The predicted molar refractivity (Wildman–Crippen MR) is 308 cm³/mol. The Morgan fingerprint density at radius 2 is 0.797 bits per heavy atom. The van der Waals surface area contributed by atoms with E-state index in [1.165, 1.54) is 161 Å². The van der Waals surface area contributed by atoms with Gasteiger partial charge in [-0.15, -0.1) is 0 Å². The van der Waals surface area contributed by atoms with Crippen molar-refractivity contribution in [3.05, 3.63) is 90.2 Å². The van der Waals surface area contributed by atoms with E-state index in [1.54, 1.807) is 15.6 Å². The highest BCUT2D eigenvalue weighted by Crippen LogP contribution is 2.53. The van der Waals surface area contributed by atoms with Crippen LogP contribution in [0.15, 0.2) is 90.2 Å². The Morgan fingerprint density at radius 3 is 1.12 bits per heavy atom. The van der Waals surface area contributed by atoms with Gasteiger partial charge in [-0.2, -0.15) is 0 Å². The van der Waals surface area contributed by atoms with E-state index in [0.717, 1.165) is 76.7 Å². The molecule has 8 nitrogen and oxygen atoms in total. The highest BCUT2D eigenvalue weighted by molar-refractivity contribution is 7.05. The van der Waals surface area contributed by atoms with Crippen LogP contribution in [0.25, 0.3) is 0 Å². The highest BCUT2D eigenvalue weighted by atomic mass is 28.5. The summed E-state index contributed by atoms with van der Waals surface area (Å²) in [6.07, 6.45) is 58.8. The summed E-state index contributed by atoms with van der Waals surface area (Å²) >= 11 is 0. The van der Waals surface area contributed by atoms with Crippen LogP contribution < -0.4 is 0 Å². The van der Waals surface area contributed by atoms with Gasteiger partial charge in [-0.3, -0.25) is 0 Å². The Balaban J connectivity index is 1.41. The third-order valence-corrected chi connectivity index (χ3v) is 44.4. The number of allylic oxidation sites excluding steroid dienone is 16. The van der Waals surface area contributed by atoms with Gasteiger partial charge in [-0.1, -0.05) is 71.1 Å². The first-order valence-electron chi connectivity index (χ1n) is 28.6. The summed E-state index contributed by atoms with van der Waals surface area (Å²) in [7, 11) is -19.3. The van der Waals surface area contributed by atoms with Crippen LogP contribution in [-0.4, -0.2) is 83.1 Å². The fourth-order valence-electron chi connectivity index (χ4n) is 12.9. The zero-order valence-electron chi connectivity index (χ0n) is 43.8. The Labute approximate surface area is 434 Å². The monoisotopic (exact) mass is 1100 g/mol. The molecule has 0 spiro atoms. The summed E-state index contributed by atoms with van der Waals surface area (Å²) in [6, 6.07) is 0.806. The van der Waals surface area contributed by atoms with Gasteiger partial charge in [0.15, 0.2) is 9.04 Å². The lowest BCUT2D eigenvalue weighted by Gasteiger charge is -2.54. The molecule has 2 unspecified atom stereocenters. The zero-order chi connectivity index (χ0) is 47.8. The van der Waals surface area contributed by atoms with E-state index < -0.39 is 72.6 Å². The van der Waals surface area contributed by atoms with Crippen molar-refractivity contribution < 1.29 is 32.9 Å². The highest BCUT2D eigenvalue weighted by Gasteiger charge is 2.65. The molecule has 0 aliphatic heterocycles. The van der Waals surface area contributed by atoms with Crippen LogP contribution in [-0.2, 0) is 32.9 Å². The average Bonchev–Trinajstić information content (AvgIpc) is 3.42. The summed E-state index contributed by atoms with van der Waals surface area (Å²) in [4.78, 5) is 0. The molecule has 0 aromatic rings. The summed E-state index contributed by atoms with van der Waals surface area (Å²) in [5, 5.41) is 12.5. The average molecular weight is 1100 g/mol. The maximum absolute atomic E-state index is 9.30. The standard InChI is InChI=1S/C52H92O8Si9/c1-4-66(45-29-13-5-14-30-45,57-65(56-64(2)3)55-63-54-62-53-61)58-68(49-37-21-9-22-38-49,50-39-23-10-24-40-50)60-69(51-41-25-11-26-42-51,52-43-27-12-28-44-52)59-67(46-31-15-6-16-32-46,47-33-17-7-18-34-47)48-35-19-8-20-36-48/h29,31,33,35,37,39,41,43,64-65H,4-28,30,32,34,36,38,40,42,44,62-63H2,1-3,61H3. The molecule has 0 heterocycles. The second-order valence-corrected chi connectivity index (χ2v) is 45.7. The lowest BCUT2D eigenvalue weighted by molar-refractivity contribution is 0.243. The van der Waals surface area contributed by atoms with Crippen molar-refractivity contribution in [2.24, 2.45) is 0 Å². The van der Waals surface area contributed by atoms with Crippen molar-refractivity contribution in [1.82, 2.24) is 0 Å². The first-order valence-corrected chi connectivity index (χ1v) is 43.4. The molecule has 0 amide bonds. The van der Waals surface area contributed by atoms with E-state index in [0.29, 0.717) is 10.5 Å². The molecule has 0 saturated carbocycles. The first kappa shape index (κ1) is 54.8. The van der Waals surface area contributed by atoms with Gasteiger partial charge in [-0.05, 0) is 251 Å². The Kier molecular flexibility index (Phi) is 21.7. The fourth-order valence-corrected chi connectivity index (χ4v) is 47.8. The molecule has 0 aromatic heterocycles. The summed E-state index contributed by atoms with van der Waals surface area (Å²) in [5.41, 5.74) is 0. The number of hydrogen-bond donors (Lipinski definition) is 0. The minimum absolute atomic E-state index is 0.700. The third-order valence-electron chi connectivity index (χ3n) is 16.4. The molecule has 0 fully saturated rings. The summed E-state index contributed by atoms with van der Waals surface area (Å²) in [6.45, 7) is 6.89. The molecule has 0 aromatic carbocycles. The molecular formula is C52H92O8Si9. The second kappa shape index (κ2) is 27.4. The molecule has 8 aliphatic carbocycles. The van der Waals surface area contributed by atoms with Gasteiger partial charge >= 0.3 is 35.2 Å². The van der Waals surface area contributed by atoms with Crippen LogP contribution in [0.1, 0.15) is 212 Å². The van der Waals surface area contributed by atoms with E-state index in [9.17, 15) is 8.23 Å². The van der Waals surface area contributed by atoms with Crippen LogP contribution in [0.3, 0.4) is 0 Å². The minimum atomic E-state index is -3.61. The van der Waals surface area contributed by atoms with Gasteiger partial charge in [0.1, 0.15) is 10.5 Å². The molecule has 0 radical (unpaired) electrons. The smallest absolute Gasteiger partial charge is 0.449 e. The molecule has 0 N–H and O–H groups in total. The molecule has 384 valence electrons. The van der Waals surface area contributed by atoms with E-state index in [1.807, 2.05) is 0 Å². The summed E-state index contributed by atoms with van der Waals surface area (Å²) in [5.74, 6) is 0. The van der Waals surface area contributed by atoms with Crippen molar-refractivity contribution in [2.45, 2.75) is 232 Å². The largest absolute Gasteiger partial charge is 0.455 e. The third kappa shape index (κ3) is 13.3. The first-order chi connectivity index (χ1) is 33.9. The van der Waals surface area contributed by atoms with Gasteiger partial charge in [0.25, 0.3) is 28.3 Å². The van der Waals surface area contributed by atoms with Crippen LogP contribution in [0.4, 0.5) is 0 Å². The van der Waals surface area contributed by atoms with Crippen LogP contribution in [0, 0.1) is 0 Å². The van der Waals surface area contributed by atoms with Crippen molar-refractivity contribution in [2.75, 3.05) is 0 Å². The van der Waals surface area contributed by atoms with Gasteiger partial charge in [0.05, 0.1) is 0 Å². The quantitative estimate of drug-likeness (QED) is 0.0699. The molecule has 69 heavy (non-hydrogen) atoms. The Bertz CT molecular complexity index is 1840. The van der Waals surface area contributed by atoms with E-state index in [-0.39, 0.29) is 0 Å². The van der Waals surface area contributed by atoms with Gasteiger partial charge < -0.3 is 32.9 Å². The molecule has 0 saturated heterocycles. The van der Waals surface area contributed by atoms with E-state index >= 15 is 0 Å². The van der Waals surface area contributed by atoms with Crippen molar-refractivity contribution in [3.63, 3.8) is 0 Å². The van der Waals surface area contributed by atoms with Crippen LogP contribution in [0.2, 0.25) is 19.1 Å². The number of hydrogen-bond acceptors (Lipinski definition) is 8. The lowest BCUT2D eigenvalue weighted by Crippen LogP contribution is -2.69. The molecular weight excluding hydrogens is 1010 g/mol. The molecule has 8 rings (SSSR count). The van der Waals surface area contributed by atoms with Gasteiger partial charge in [0.2, 0.25) is 0 Å². The molecule has 17 heteroatoms. The fraction of sp³-hybridized carbons (Fsp3) is 0.692. The van der Waals surface area contributed by atoms with Gasteiger partial charge in [0, 0.05) is 0 Å². The van der Waals surface area contributed by atoms with Gasteiger partial charge in [-0.25, -0.2) is 0 Å². The van der Waals surface area contributed by atoms with E-state index in [4.69, 9.17) is 24.7 Å².